The van der Waals surface area contributed by atoms with Crippen LogP contribution in [0.3, 0.4) is 0 Å². The molecule has 0 aromatic heterocycles. The lowest BCUT2D eigenvalue weighted by Gasteiger charge is -2.32. The number of rotatable bonds is 9. The van der Waals surface area contributed by atoms with Crippen LogP contribution in [0.5, 0.6) is 0 Å². The molecule has 0 fully saturated rings. The maximum absolute atomic E-state index is 5.54. The van der Waals surface area contributed by atoms with Gasteiger partial charge in [-0.3, -0.25) is 0 Å². The highest BCUT2D eigenvalue weighted by atomic mass is 16.5. The molecule has 1 heteroatoms. The second-order valence-electron chi connectivity index (χ2n) is 7.90. The van der Waals surface area contributed by atoms with Gasteiger partial charge in [0, 0.05) is 0 Å². The molecular formula is C25H38O. The molecule has 0 aromatic carbocycles. The first-order chi connectivity index (χ1) is 12.4. The van der Waals surface area contributed by atoms with Crippen LogP contribution >= 0.6 is 0 Å². The fourth-order valence-corrected chi connectivity index (χ4v) is 3.26. The highest BCUT2D eigenvalue weighted by Gasteiger charge is 2.26. The summed E-state index contributed by atoms with van der Waals surface area (Å²) in [7, 11) is 0. The van der Waals surface area contributed by atoms with Gasteiger partial charge in [0.1, 0.15) is 0 Å². The summed E-state index contributed by atoms with van der Waals surface area (Å²) in [6.45, 7) is 14.8. The van der Waals surface area contributed by atoms with Gasteiger partial charge in [0.15, 0.2) is 0 Å². The van der Waals surface area contributed by atoms with E-state index in [9.17, 15) is 0 Å². The van der Waals surface area contributed by atoms with Crippen LogP contribution in [-0.2, 0) is 4.74 Å². The zero-order valence-electron chi connectivity index (χ0n) is 17.8. The van der Waals surface area contributed by atoms with Crippen LogP contribution in [0.4, 0.5) is 0 Å². The van der Waals surface area contributed by atoms with E-state index in [4.69, 9.17) is 4.74 Å². The molecule has 0 heterocycles. The predicted octanol–water partition coefficient (Wildman–Crippen LogP) is 7.50. The Morgan fingerprint density at radius 1 is 1.08 bits per heavy atom. The predicted molar refractivity (Wildman–Crippen MR) is 116 cm³/mol. The van der Waals surface area contributed by atoms with Crippen molar-refractivity contribution in [2.75, 3.05) is 13.2 Å². The highest BCUT2D eigenvalue weighted by Crippen LogP contribution is 2.40. The van der Waals surface area contributed by atoms with E-state index in [0.29, 0.717) is 18.6 Å². The van der Waals surface area contributed by atoms with Crippen molar-refractivity contribution in [1.82, 2.24) is 0 Å². The van der Waals surface area contributed by atoms with Crippen LogP contribution in [0.1, 0.15) is 67.2 Å². The van der Waals surface area contributed by atoms with Crippen molar-refractivity contribution in [1.29, 1.82) is 0 Å². The van der Waals surface area contributed by atoms with Crippen molar-refractivity contribution in [2.45, 2.75) is 67.2 Å². The molecule has 1 nitrogen and oxygen atoms in total. The largest absolute Gasteiger partial charge is 0.373 e. The molecule has 0 amide bonds. The summed E-state index contributed by atoms with van der Waals surface area (Å²) in [4.78, 5) is 0. The fourth-order valence-electron chi connectivity index (χ4n) is 3.26. The monoisotopic (exact) mass is 354 g/mol. The van der Waals surface area contributed by atoms with Crippen LogP contribution in [0.2, 0.25) is 0 Å². The Balaban J connectivity index is 2.54. The maximum atomic E-state index is 5.54. The van der Waals surface area contributed by atoms with Gasteiger partial charge in [0.05, 0.1) is 13.2 Å². The summed E-state index contributed by atoms with van der Waals surface area (Å²) in [6.07, 6.45) is 22.2. The van der Waals surface area contributed by atoms with E-state index in [0.717, 1.165) is 6.42 Å². The molecule has 1 rings (SSSR count). The molecule has 0 bridgehead atoms. The van der Waals surface area contributed by atoms with Gasteiger partial charge in [-0.1, -0.05) is 86.1 Å². The summed E-state index contributed by atoms with van der Waals surface area (Å²) in [5.74, 6) is 0. The van der Waals surface area contributed by atoms with E-state index < -0.39 is 0 Å². The molecule has 0 unspecified atom stereocenters. The van der Waals surface area contributed by atoms with Crippen molar-refractivity contribution in [3.05, 3.63) is 70.9 Å². The molecule has 0 spiro atoms. The summed E-state index contributed by atoms with van der Waals surface area (Å²) >= 11 is 0. The Morgan fingerprint density at radius 3 is 2.54 bits per heavy atom. The summed E-state index contributed by atoms with van der Waals surface area (Å²) < 4.78 is 5.54. The molecule has 144 valence electrons. The lowest BCUT2D eigenvalue weighted by Crippen LogP contribution is -2.19. The second kappa shape index (κ2) is 11.9. The molecule has 0 atom stereocenters. The van der Waals surface area contributed by atoms with Gasteiger partial charge in [-0.25, -0.2) is 0 Å². The Bertz CT molecular complexity index is 606. The zero-order chi connectivity index (χ0) is 19.4. The molecule has 0 radical (unpaired) electrons. The Hall–Kier alpha value is -1.60. The molecule has 0 N–H and O–H groups in total. The van der Waals surface area contributed by atoms with Crippen LogP contribution in [0, 0.1) is 5.41 Å². The first kappa shape index (κ1) is 22.4. The second-order valence-corrected chi connectivity index (χ2v) is 7.90. The molecule has 0 aliphatic heterocycles. The van der Waals surface area contributed by atoms with Crippen molar-refractivity contribution in [3.63, 3.8) is 0 Å². The van der Waals surface area contributed by atoms with Gasteiger partial charge in [-0.05, 0) is 57.4 Å². The molecular weight excluding hydrogens is 316 g/mol. The molecule has 1 aliphatic carbocycles. The molecule has 0 saturated heterocycles. The molecule has 1 aliphatic rings. The Morgan fingerprint density at radius 2 is 1.85 bits per heavy atom. The minimum atomic E-state index is 0.306. The van der Waals surface area contributed by atoms with Gasteiger partial charge >= 0.3 is 0 Å². The van der Waals surface area contributed by atoms with Crippen LogP contribution in [-0.4, -0.2) is 13.2 Å². The number of hydrogen-bond donors (Lipinski definition) is 0. The molecule has 0 aromatic rings. The standard InChI is InChI=1S/C25H38O/c1-7-8-9-19-26-20-17-22(3)13-10-12-21(2)15-16-24-23(4)14-11-18-25(24,5)6/h8-10,12-13,15-17H,7,11,14,18-20H2,1-6H3/b9-8+,13-10+,16-15+,21-12+,22-17+. The minimum Gasteiger partial charge on any atom is -0.373 e. The third-order valence-corrected chi connectivity index (χ3v) is 4.91. The minimum absolute atomic E-state index is 0.306. The topological polar surface area (TPSA) is 9.23 Å². The van der Waals surface area contributed by atoms with Gasteiger partial charge < -0.3 is 4.74 Å². The lowest BCUT2D eigenvalue weighted by molar-refractivity contribution is 0.193. The van der Waals surface area contributed by atoms with Crippen LogP contribution < -0.4 is 0 Å². The highest BCUT2D eigenvalue weighted by molar-refractivity contribution is 5.37. The van der Waals surface area contributed by atoms with E-state index in [1.165, 1.54) is 36.0 Å². The van der Waals surface area contributed by atoms with E-state index >= 15 is 0 Å². The van der Waals surface area contributed by atoms with E-state index in [1.807, 2.05) is 0 Å². The third-order valence-electron chi connectivity index (χ3n) is 4.91. The summed E-state index contributed by atoms with van der Waals surface area (Å²) in [5.41, 5.74) is 5.88. The van der Waals surface area contributed by atoms with Crippen molar-refractivity contribution < 1.29 is 4.74 Å². The summed E-state index contributed by atoms with van der Waals surface area (Å²) in [5, 5.41) is 0. The molecule has 26 heavy (non-hydrogen) atoms. The van der Waals surface area contributed by atoms with Gasteiger partial charge in [-0.2, -0.15) is 0 Å². The molecule has 0 saturated carbocycles. The Labute approximate surface area is 161 Å². The van der Waals surface area contributed by atoms with Gasteiger partial charge in [0.2, 0.25) is 0 Å². The third kappa shape index (κ3) is 8.67. The summed E-state index contributed by atoms with van der Waals surface area (Å²) in [6, 6.07) is 0. The van der Waals surface area contributed by atoms with Crippen molar-refractivity contribution >= 4 is 0 Å². The van der Waals surface area contributed by atoms with Crippen molar-refractivity contribution in [3.8, 4) is 0 Å². The normalized spacial score (nSPS) is 19.5. The SMILES string of the molecule is CC/C=C/COC/C=C(C)/C=C/C=C(C)/C=C/C1=C(C)CCCC1(C)C. The first-order valence-corrected chi connectivity index (χ1v) is 9.99. The first-order valence-electron chi connectivity index (χ1n) is 9.99. The zero-order valence-corrected chi connectivity index (χ0v) is 17.8. The van der Waals surface area contributed by atoms with Gasteiger partial charge in [-0.15, -0.1) is 0 Å². The number of ether oxygens (including phenoxy) is 1. The van der Waals surface area contributed by atoms with Crippen LogP contribution in [0.15, 0.2) is 70.9 Å². The lowest BCUT2D eigenvalue weighted by atomic mass is 9.72. The van der Waals surface area contributed by atoms with Crippen LogP contribution in [0.25, 0.3) is 0 Å². The smallest absolute Gasteiger partial charge is 0.0657 e. The average Bonchev–Trinajstić information content (AvgIpc) is 2.57. The van der Waals surface area contributed by atoms with E-state index in [-0.39, 0.29) is 0 Å². The number of allylic oxidation sites excluding steroid dienone is 10. The van der Waals surface area contributed by atoms with E-state index in [1.54, 1.807) is 5.57 Å². The van der Waals surface area contributed by atoms with E-state index in [2.05, 4.69) is 90.2 Å². The fraction of sp³-hybridized carbons (Fsp3) is 0.520. The Kier molecular flexibility index (Phi) is 10.3. The number of hydrogen-bond acceptors (Lipinski definition) is 1. The van der Waals surface area contributed by atoms with Gasteiger partial charge in [0.25, 0.3) is 0 Å². The quantitative estimate of drug-likeness (QED) is 0.236. The maximum Gasteiger partial charge on any atom is 0.0657 e. The van der Waals surface area contributed by atoms with Crippen molar-refractivity contribution in [2.24, 2.45) is 5.41 Å². The average molecular weight is 355 g/mol.